The molecule has 4 rings (SSSR count). The second-order valence-corrected chi connectivity index (χ2v) is 20.5. The average Bonchev–Trinajstić information content (AvgIpc) is 3.19. The number of likely N-dealkylation sites (N-methyl/N-ethyl adjacent to an activating group) is 2. The fourth-order valence-corrected chi connectivity index (χ4v) is 10.6. The van der Waals surface area contributed by atoms with E-state index < -0.39 is 132 Å². The van der Waals surface area contributed by atoms with Crippen molar-refractivity contribution in [3.8, 4) is 0 Å². The minimum atomic E-state index is -2.06. The Hall–Kier alpha value is -1.91. The van der Waals surface area contributed by atoms with Gasteiger partial charge in [-0.25, -0.2) is 0 Å². The van der Waals surface area contributed by atoms with Crippen molar-refractivity contribution in [2.75, 3.05) is 28.2 Å². The van der Waals surface area contributed by atoms with Gasteiger partial charge in [0.15, 0.2) is 25.0 Å². The summed E-state index contributed by atoms with van der Waals surface area (Å²) in [4.78, 5) is 44.9. The molecule has 4 fully saturated rings. The van der Waals surface area contributed by atoms with E-state index in [0.29, 0.717) is 6.42 Å². The van der Waals surface area contributed by atoms with Crippen LogP contribution in [-0.2, 0) is 52.3 Å². The Kier molecular flexibility index (Phi) is 18.4. The molecule has 0 aromatic heterocycles. The molecule has 4 saturated heterocycles. The van der Waals surface area contributed by atoms with Crippen LogP contribution >= 0.6 is 0 Å². The summed E-state index contributed by atoms with van der Waals surface area (Å²) in [6.07, 6.45) is -13.1. The quantitative estimate of drug-likeness (QED) is 0.198. The zero-order chi connectivity index (χ0) is 48.5. The Morgan fingerprint density at radius 2 is 1.34 bits per heavy atom. The van der Waals surface area contributed by atoms with Gasteiger partial charge in [-0.05, 0) is 95.9 Å². The molecule has 4 heterocycles. The highest BCUT2D eigenvalue weighted by atomic mass is 16.7. The predicted octanol–water partition coefficient (Wildman–Crippen LogP) is 2.15. The van der Waals surface area contributed by atoms with Crippen molar-refractivity contribution in [2.45, 2.75) is 224 Å². The third kappa shape index (κ3) is 12.2. The molecule has 18 heteroatoms. The number of carbonyl (C=O) groups excluding carboxylic acids is 3. The van der Waals surface area contributed by atoms with Gasteiger partial charge in [0.05, 0.1) is 54.2 Å². The zero-order valence-corrected chi connectivity index (χ0v) is 41.1. The third-order valence-corrected chi connectivity index (χ3v) is 14.3. The largest absolute Gasteiger partial charge is 0.459 e. The van der Waals surface area contributed by atoms with E-state index in [4.69, 9.17) is 37.9 Å². The van der Waals surface area contributed by atoms with Crippen LogP contribution in [-0.4, -0.2) is 190 Å². The van der Waals surface area contributed by atoms with Crippen LogP contribution in [0.25, 0.3) is 0 Å². The number of carbonyl (C=O) groups is 3. The maximum absolute atomic E-state index is 14.6. The lowest BCUT2D eigenvalue weighted by Crippen LogP contribution is -2.63. The van der Waals surface area contributed by atoms with Crippen molar-refractivity contribution in [1.29, 1.82) is 0 Å². The van der Waals surface area contributed by atoms with Gasteiger partial charge in [0.1, 0.15) is 29.2 Å². The monoisotopic (exact) mass is 919 g/mol. The SMILES string of the molecule is CCC1OC(=O)[C@H](C)C(O[C@H]2C[C@@](C)(O)[C@@H](OC(C)=O)[C@H](C)O2)[C@H](C)[C@@H](O[C@@H]2O[C@H](C)C[C@H](N(C)C)[C@H]2O)[C@](C)(O[C@H]2C[C@@H](N(C)C)[C@@H](O)[C@H](C)O2)C[C@@H](C)C(=O)[C@H](C)[C@@H](O)[C@]1(C)O. The minimum Gasteiger partial charge on any atom is -0.459 e. The van der Waals surface area contributed by atoms with Crippen LogP contribution in [0.5, 0.6) is 0 Å². The summed E-state index contributed by atoms with van der Waals surface area (Å²) in [6.45, 7) is 19.4. The molecule has 0 aromatic rings. The fourth-order valence-electron chi connectivity index (χ4n) is 10.6. The van der Waals surface area contributed by atoms with Crippen molar-refractivity contribution >= 4 is 17.7 Å². The highest BCUT2D eigenvalue weighted by Gasteiger charge is 2.56. The number of aliphatic hydroxyl groups excluding tert-OH is 3. The molecule has 0 aliphatic carbocycles. The van der Waals surface area contributed by atoms with Crippen LogP contribution < -0.4 is 0 Å². The second-order valence-electron chi connectivity index (χ2n) is 20.5. The number of ether oxygens (including phenoxy) is 8. The van der Waals surface area contributed by atoms with E-state index in [1.165, 1.54) is 27.7 Å². The Labute approximate surface area is 380 Å². The van der Waals surface area contributed by atoms with Crippen molar-refractivity contribution in [3.05, 3.63) is 0 Å². The molecular formula is C46H82N2O16. The van der Waals surface area contributed by atoms with E-state index in [2.05, 4.69) is 0 Å². The molecule has 0 amide bonds. The van der Waals surface area contributed by atoms with Crippen LogP contribution in [0.3, 0.4) is 0 Å². The summed E-state index contributed by atoms with van der Waals surface area (Å²) >= 11 is 0. The van der Waals surface area contributed by atoms with E-state index in [-0.39, 0.29) is 43.9 Å². The van der Waals surface area contributed by atoms with Gasteiger partial charge in [0, 0.05) is 49.6 Å². The highest BCUT2D eigenvalue weighted by molar-refractivity contribution is 5.83. The molecule has 0 spiro atoms. The molecule has 4 aliphatic rings. The van der Waals surface area contributed by atoms with Gasteiger partial charge in [-0.3, -0.25) is 14.4 Å². The number of cyclic esters (lactones) is 1. The van der Waals surface area contributed by atoms with Gasteiger partial charge in [-0.2, -0.15) is 0 Å². The van der Waals surface area contributed by atoms with Gasteiger partial charge >= 0.3 is 11.9 Å². The number of hydrogen-bond acceptors (Lipinski definition) is 18. The number of Topliss-reactive ketones (excluding diaryl/α,β-unsaturated/α-hetero) is 1. The first-order chi connectivity index (χ1) is 29.5. The van der Waals surface area contributed by atoms with E-state index in [9.17, 15) is 39.9 Å². The molecule has 22 atom stereocenters. The Morgan fingerprint density at radius 3 is 1.89 bits per heavy atom. The van der Waals surface area contributed by atoms with E-state index in [1.54, 1.807) is 48.5 Å². The van der Waals surface area contributed by atoms with Gasteiger partial charge in [-0.1, -0.05) is 27.7 Å². The first-order valence-electron chi connectivity index (χ1n) is 23.2. The van der Waals surface area contributed by atoms with Gasteiger partial charge in [-0.15, -0.1) is 0 Å². The smallest absolute Gasteiger partial charge is 0.311 e. The predicted molar refractivity (Wildman–Crippen MR) is 232 cm³/mol. The number of rotatable bonds is 10. The van der Waals surface area contributed by atoms with Gasteiger partial charge in [0.25, 0.3) is 0 Å². The summed E-state index contributed by atoms with van der Waals surface area (Å²) < 4.78 is 51.5. The van der Waals surface area contributed by atoms with Crippen molar-refractivity contribution in [3.63, 3.8) is 0 Å². The number of ketones is 1. The van der Waals surface area contributed by atoms with E-state index in [1.807, 2.05) is 44.9 Å². The molecule has 0 saturated carbocycles. The Morgan fingerprint density at radius 1 is 0.766 bits per heavy atom. The summed E-state index contributed by atoms with van der Waals surface area (Å²) in [5, 5.41) is 58.4. The minimum absolute atomic E-state index is 0.0581. The van der Waals surface area contributed by atoms with E-state index in [0.717, 1.165) is 0 Å². The fraction of sp³-hybridized carbons (Fsp3) is 0.935. The molecule has 5 N–H and O–H groups in total. The first kappa shape index (κ1) is 54.7. The molecule has 2 unspecified atom stereocenters. The Bertz CT molecular complexity index is 1560. The van der Waals surface area contributed by atoms with Crippen LogP contribution in [0.4, 0.5) is 0 Å². The number of nitrogens with zero attached hydrogens (tertiary/aromatic N) is 2. The normalized spacial score (nSPS) is 48.1. The van der Waals surface area contributed by atoms with Crippen molar-refractivity contribution in [2.24, 2.45) is 23.7 Å². The third-order valence-electron chi connectivity index (χ3n) is 14.3. The van der Waals surface area contributed by atoms with Crippen molar-refractivity contribution in [1.82, 2.24) is 9.80 Å². The van der Waals surface area contributed by atoms with Gasteiger partial charge in [0.2, 0.25) is 0 Å². The molecule has 0 aromatic carbocycles. The maximum atomic E-state index is 14.6. The lowest BCUT2D eigenvalue weighted by atomic mass is 9.73. The van der Waals surface area contributed by atoms with Crippen LogP contribution in [0, 0.1) is 23.7 Å². The van der Waals surface area contributed by atoms with Crippen LogP contribution in [0.2, 0.25) is 0 Å². The molecule has 18 nitrogen and oxygen atoms in total. The topological polar surface area (TPSA) is 233 Å². The van der Waals surface area contributed by atoms with Crippen LogP contribution in [0.15, 0.2) is 0 Å². The van der Waals surface area contributed by atoms with Crippen molar-refractivity contribution < 1.29 is 77.8 Å². The highest BCUT2D eigenvalue weighted by Crippen LogP contribution is 2.43. The second kappa shape index (κ2) is 21.6. The molecule has 0 bridgehead atoms. The maximum Gasteiger partial charge on any atom is 0.311 e. The standard InChI is InChI=1S/C46H82N2O16/c1-17-32-46(12,56)39(53)24(4)35(50)22(2)20-45(11,64-33-19-31(48(15)16)36(51)27(7)58-33)40(63-43-37(52)30(47(13)14)18-23(3)57-43)25(5)38(26(6)42(54)61-32)62-34-21-44(10,55)41(28(8)59-34)60-29(9)49/h22-28,30-34,36-41,43,51-53,55-56H,17-21H2,1-16H3/t22-,23-,24+,25+,26-,27+,28+,30+,31-,32?,33+,34+,36+,37-,38?,39-,40-,41+,43+,44-,45-,46-/m1/s1. The number of hydrogen-bond donors (Lipinski definition) is 5. The summed E-state index contributed by atoms with van der Waals surface area (Å²) in [5.74, 6) is -5.89. The lowest BCUT2D eigenvalue weighted by molar-refractivity contribution is -0.340. The zero-order valence-electron chi connectivity index (χ0n) is 41.1. The summed E-state index contributed by atoms with van der Waals surface area (Å²) in [5.41, 5.74) is -5.26. The van der Waals surface area contributed by atoms with E-state index >= 15 is 0 Å². The average molecular weight is 919 g/mol. The molecule has 4 aliphatic heterocycles. The molecule has 372 valence electrons. The summed E-state index contributed by atoms with van der Waals surface area (Å²) in [6, 6.07) is -0.771. The molecule has 0 radical (unpaired) electrons. The number of aliphatic hydroxyl groups is 5. The van der Waals surface area contributed by atoms with Crippen LogP contribution in [0.1, 0.15) is 115 Å². The number of esters is 2. The molecular weight excluding hydrogens is 837 g/mol. The summed E-state index contributed by atoms with van der Waals surface area (Å²) in [7, 11) is 7.39. The lowest BCUT2D eigenvalue weighted by Gasteiger charge is -2.51. The first-order valence-corrected chi connectivity index (χ1v) is 23.2. The van der Waals surface area contributed by atoms with Gasteiger partial charge < -0.3 is 73.2 Å². The molecule has 64 heavy (non-hydrogen) atoms. The Balaban J connectivity index is 1.97.